The average Bonchev–Trinajstić information content (AvgIpc) is 2.35. The molecule has 0 unspecified atom stereocenters. The van der Waals surface area contributed by atoms with Gasteiger partial charge in [-0.1, -0.05) is 18.0 Å². The van der Waals surface area contributed by atoms with Crippen molar-refractivity contribution < 1.29 is 9.53 Å². The van der Waals surface area contributed by atoms with Crippen LogP contribution in [0.4, 0.5) is 0 Å². The second-order valence-electron chi connectivity index (χ2n) is 4.27. The Morgan fingerprint density at radius 2 is 2.11 bits per heavy atom. The van der Waals surface area contributed by atoms with Gasteiger partial charge in [0, 0.05) is 23.4 Å². The molecule has 100 valence electrons. The van der Waals surface area contributed by atoms with Gasteiger partial charge in [0.05, 0.1) is 7.11 Å². The zero-order valence-corrected chi connectivity index (χ0v) is 11.5. The van der Waals surface area contributed by atoms with Crippen molar-refractivity contribution in [3.8, 4) is 5.75 Å². The van der Waals surface area contributed by atoms with Crippen molar-refractivity contribution in [1.29, 1.82) is 0 Å². The smallest absolute Gasteiger partial charge is 0.137 e. The summed E-state index contributed by atoms with van der Waals surface area (Å²) >= 11 is 5.92. The molecule has 3 nitrogen and oxygen atoms in total. The molecule has 0 aromatic heterocycles. The minimum absolute atomic E-state index is 0.215. The summed E-state index contributed by atoms with van der Waals surface area (Å²) in [7, 11) is 1.60. The molecule has 18 heavy (non-hydrogen) atoms. The summed E-state index contributed by atoms with van der Waals surface area (Å²) in [5.74, 6) is 0.933. The monoisotopic (exact) mass is 269 g/mol. The number of halogens is 1. The highest BCUT2D eigenvalue weighted by molar-refractivity contribution is 6.30. The van der Waals surface area contributed by atoms with Gasteiger partial charge in [-0.2, -0.15) is 0 Å². The number of rotatable bonds is 8. The molecule has 4 heteroatoms. The van der Waals surface area contributed by atoms with E-state index in [-0.39, 0.29) is 5.78 Å². The Labute approximate surface area is 113 Å². The van der Waals surface area contributed by atoms with E-state index < -0.39 is 0 Å². The first-order valence-corrected chi connectivity index (χ1v) is 6.59. The largest absolute Gasteiger partial charge is 0.496 e. The van der Waals surface area contributed by atoms with Crippen LogP contribution in [0.1, 0.15) is 31.2 Å². The van der Waals surface area contributed by atoms with Gasteiger partial charge in [-0.05, 0) is 37.6 Å². The van der Waals surface area contributed by atoms with Crippen LogP contribution in [0.2, 0.25) is 5.02 Å². The Balaban J connectivity index is 2.50. The number of Topliss-reactive ketones (excluding diaryl/α,β-unsaturated/α-hetero) is 1. The van der Waals surface area contributed by atoms with Crippen LogP contribution in [0.15, 0.2) is 18.2 Å². The van der Waals surface area contributed by atoms with E-state index >= 15 is 0 Å². The second-order valence-corrected chi connectivity index (χ2v) is 4.71. The molecule has 2 N–H and O–H groups in total. The van der Waals surface area contributed by atoms with E-state index in [9.17, 15) is 4.79 Å². The van der Waals surface area contributed by atoms with Crippen LogP contribution in [0.25, 0.3) is 0 Å². The molecule has 0 spiro atoms. The topological polar surface area (TPSA) is 52.3 Å². The highest BCUT2D eigenvalue weighted by atomic mass is 35.5. The predicted octanol–water partition coefficient (Wildman–Crippen LogP) is 2.98. The van der Waals surface area contributed by atoms with Gasteiger partial charge in [0.1, 0.15) is 11.5 Å². The molecule has 0 aliphatic carbocycles. The molecule has 0 fully saturated rings. The maximum Gasteiger partial charge on any atom is 0.137 e. The molecule has 1 aromatic rings. The van der Waals surface area contributed by atoms with Gasteiger partial charge in [0.15, 0.2) is 0 Å². The number of methoxy groups -OCH3 is 1. The number of carbonyl (C=O) groups is 1. The Morgan fingerprint density at radius 3 is 2.78 bits per heavy atom. The van der Waals surface area contributed by atoms with Crippen LogP contribution in [-0.2, 0) is 11.2 Å². The van der Waals surface area contributed by atoms with E-state index in [1.807, 2.05) is 0 Å². The summed E-state index contributed by atoms with van der Waals surface area (Å²) in [6.45, 7) is 0.691. The molecule has 0 aliphatic heterocycles. The molecular weight excluding hydrogens is 250 g/mol. The molecule has 0 atom stereocenters. The highest BCUT2D eigenvalue weighted by Gasteiger charge is 2.09. The standard InChI is InChI=1S/C14H20ClNO2/c1-18-14-7-6-12(15)9-11(14)10-13(17)5-3-2-4-8-16/h6-7,9H,2-5,8,10,16H2,1H3. The summed E-state index contributed by atoms with van der Waals surface area (Å²) in [6.07, 6.45) is 3.86. The maximum atomic E-state index is 11.8. The first kappa shape index (κ1) is 15.0. The molecule has 0 amide bonds. The minimum Gasteiger partial charge on any atom is -0.496 e. The number of benzene rings is 1. The number of ether oxygens (including phenoxy) is 1. The number of ketones is 1. The van der Waals surface area contributed by atoms with Gasteiger partial charge in [-0.3, -0.25) is 4.79 Å². The van der Waals surface area contributed by atoms with E-state index in [1.54, 1.807) is 25.3 Å². The first-order valence-electron chi connectivity index (χ1n) is 6.21. The van der Waals surface area contributed by atoms with Gasteiger partial charge in [-0.25, -0.2) is 0 Å². The molecule has 0 heterocycles. The number of nitrogens with two attached hydrogens (primary N) is 1. The number of hydrogen-bond donors (Lipinski definition) is 1. The van der Waals surface area contributed by atoms with Gasteiger partial charge in [0.25, 0.3) is 0 Å². The third kappa shape index (κ3) is 5.07. The number of unbranched alkanes of at least 4 members (excludes halogenated alkanes) is 2. The summed E-state index contributed by atoms with van der Waals surface area (Å²) in [6, 6.07) is 5.34. The summed E-state index contributed by atoms with van der Waals surface area (Å²) < 4.78 is 5.22. The van der Waals surface area contributed by atoms with Crippen LogP contribution in [-0.4, -0.2) is 19.4 Å². The third-order valence-corrected chi connectivity index (χ3v) is 3.02. The zero-order chi connectivity index (χ0) is 13.4. The van der Waals surface area contributed by atoms with Crippen molar-refractivity contribution in [3.05, 3.63) is 28.8 Å². The molecular formula is C14H20ClNO2. The van der Waals surface area contributed by atoms with Crippen LogP contribution < -0.4 is 10.5 Å². The molecule has 0 aliphatic rings. The fraction of sp³-hybridized carbons (Fsp3) is 0.500. The zero-order valence-electron chi connectivity index (χ0n) is 10.7. The van der Waals surface area contributed by atoms with E-state index in [0.29, 0.717) is 24.4 Å². The summed E-state index contributed by atoms with van der Waals surface area (Å²) in [5.41, 5.74) is 6.26. The predicted molar refractivity (Wildman–Crippen MR) is 74.2 cm³/mol. The Hall–Kier alpha value is -1.06. The van der Waals surface area contributed by atoms with E-state index in [0.717, 1.165) is 30.6 Å². The number of carbonyl (C=O) groups excluding carboxylic acids is 1. The van der Waals surface area contributed by atoms with Crippen LogP contribution in [0.3, 0.4) is 0 Å². The SMILES string of the molecule is COc1ccc(Cl)cc1CC(=O)CCCCCN. The Morgan fingerprint density at radius 1 is 1.33 bits per heavy atom. The van der Waals surface area contributed by atoms with Crippen molar-refractivity contribution in [2.75, 3.05) is 13.7 Å². The van der Waals surface area contributed by atoms with Crippen molar-refractivity contribution in [2.24, 2.45) is 5.73 Å². The lowest BCUT2D eigenvalue weighted by molar-refractivity contribution is -0.118. The van der Waals surface area contributed by atoms with E-state index in [4.69, 9.17) is 22.1 Å². The van der Waals surface area contributed by atoms with Crippen molar-refractivity contribution in [2.45, 2.75) is 32.1 Å². The van der Waals surface area contributed by atoms with Crippen molar-refractivity contribution in [1.82, 2.24) is 0 Å². The molecule has 1 aromatic carbocycles. The highest BCUT2D eigenvalue weighted by Crippen LogP contribution is 2.23. The quantitative estimate of drug-likeness (QED) is 0.738. The second kappa shape index (κ2) is 8.11. The first-order chi connectivity index (χ1) is 8.67. The Kier molecular flexibility index (Phi) is 6.76. The third-order valence-electron chi connectivity index (χ3n) is 2.79. The van der Waals surface area contributed by atoms with Crippen molar-refractivity contribution >= 4 is 17.4 Å². The summed E-state index contributed by atoms with van der Waals surface area (Å²) in [5, 5.41) is 0.627. The van der Waals surface area contributed by atoms with Crippen LogP contribution >= 0.6 is 11.6 Å². The lowest BCUT2D eigenvalue weighted by Gasteiger charge is -2.08. The number of hydrogen-bond acceptors (Lipinski definition) is 3. The van der Waals surface area contributed by atoms with Gasteiger partial charge < -0.3 is 10.5 Å². The van der Waals surface area contributed by atoms with Crippen LogP contribution in [0.5, 0.6) is 5.75 Å². The van der Waals surface area contributed by atoms with E-state index in [1.165, 1.54) is 0 Å². The Bertz CT molecular complexity index is 393. The van der Waals surface area contributed by atoms with Gasteiger partial charge in [-0.15, -0.1) is 0 Å². The minimum atomic E-state index is 0.215. The van der Waals surface area contributed by atoms with Gasteiger partial charge in [0.2, 0.25) is 0 Å². The summed E-state index contributed by atoms with van der Waals surface area (Å²) in [4.78, 5) is 11.8. The molecule has 0 saturated carbocycles. The van der Waals surface area contributed by atoms with E-state index in [2.05, 4.69) is 0 Å². The molecule has 0 radical (unpaired) electrons. The fourth-order valence-corrected chi connectivity index (χ4v) is 2.02. The lowest BCUT2D eigenvalue weighted by atomic mass is 10.0. The molecule has 0 bridgehead atoms. The van der Waals surface area contributed by atoms with Gasteiger partial charge >= 0.3 is 0 Å². The van der Waals surface area contributed by atoms with Crippen LogP contribution in [0, 0.1) is 0 Å². The molecule has 0 saturated heterocycles. The van der Waals surface area contributed by atoms with Crippen molar-refractivity contribution in [3.63, 3.8) is 0 Å². The maximum absolute atomic E-state index is 11.8. The lowest BCUT2D eigenvalue weighted by Crippen LogP contribution is -2.05. The fourth-order valence-electron chi connectivity index (χ4n) is 1.83. The molecule has 1 rings (SSSR count). The normalized spacial score (nSPS) is 10.4. The average molecular weight is 270 g/mol.